The maximum absolute atomic E-state index is 8.56. The van der Waals surface area contributed by atoms with E-state index in [1.165, 1.54) is 101 Å². The summed E-state index contributed by atoms with van der Waals surface area (Å²) < 4.78 is 0. The van der Waals surface area contributed by atoms with Crippen molar-refractivity contribution in [3.05, 3.63) is 59.7 Å². The van der Waals surface area contributed by atoms with E-state index in [-0.39, 0.29) is 0 Å². The Hall–Kier alpha value is -1.81. The van der Waals surface area contributed by atoms with Gasteiger partial charge in [-0.1, -0.05) is 81.5 Å². The van der Waals surface area contributed by atoms with Crippen molar-refractivity contribution in [2.24, 2.45) is 23.7 Å². The number of benzene rings is 1. The van der Waals surface area contributed by atoms with Gasteiger partial charge in [0.2, 0.25) is 0 Å². The third-order valence-electron chi connectivity index (χ3n) is 7.93. The smallest absolute Gasteiger partial charge is 0.0912 e. The molecule has 2 aliphatic carbocycles. The molecular weight excluding hydrogens is 374 g/mol. The fourth-order valence-corrected chi connectivity index (χ4v) is 6.00. The van der Waals surface area contributed by atoms with Crippen molar-refractivity contribution in [3.63, 3.8) is 0 Å². The molecule has 0 amide bonds. The Morgan fingerprint density at radius 3 is 2.03 bits per heavy atom. The number of allylic oxidation sites excluding steroid dienone is 4. The van der Waals surface area contributed by atoms with Crippen LogP contribution in [0.5, 0.6) is 0 Å². The molecule has 0 atom stereocenters. The number of nitriles is 1. The van der Waals surface area contributed by atoms with Gasteiger partial charge in [0.15, 0.2) is 0 Å². The van der Waals surface area contributed by atoms with Crippen LogP contribution in [0.25, 0.3) is 0 Å². The first kappa shape index (κ1) is 23.8. The Labute approximate surface area is 191 Å². The Morgan fingerprint density at radius 2 is 1.42 bits per heavy atom. The van der Waals surface area contributed by atoms with Crippen molar-refractivity contribution in [2.75, 3.05) is 0 Å². The molecule has 1 aromatic rings. The number of nitrogens with zero attached hydrogens (tertiary/aromatic N) is 1. The maximum Gasteiger partial charge on any atom is 0.0912 e. The van der Waals surface area contributed by atoms with Gasteiger partial charge in [0.05, 0.1) is 6.07 Å². The summed E-state index contributed by atoms with van der Waals surface area (Å²) in [7, 11) is 0. The van der Waals surface area contributed by atoms with Crippen LogP contribution in [-0.4, -0.2) is 0 Å². The summed E-state index contributed by atoms with van der Waals surface area (Å²) in [5.74, 6) is 3.71. The molecular formula is C30H43N. The van der Waals surface area contributed by atoms with Gasteiger partial charge in [-0.3, -0.25) is 0 Å². The third-order valence-corrected chi connectivity index (χ3v) is 7.93. The van der Waals surface area contributed by atoms with E-state index in [2.05, 4.69) is 49.4 Å². The highest BCUT2D eigenvalue weighted by Crippen LogP contribution is 2.42. The van der Waals surface area contributed by atoms with Crippen molar-refractivity contribution in [1.29, 1.82) is 5.26 Å². The van der Waals surface area contributed by atoms with Crippen molar-refractivity contribution in [1.82, 2.24) is 0 Å². The van der Waals surface area contributed by atoms with Crippen LogP contribution in [0, 0.1) is 35.0 Å². The highest BCUT2D eigenvalue weighted by Gasteiger charge is 2.30. The van der Waals surface area contributed by atoms with Crippen LogP contribution < -0.4 is 0 Å². The number of rotatable bonds is 10. The topological polar surface area (TPSA) is 23.8 Å². The lowest BCUT2D eigenvalue weighted by atomic mass is 9.68. The molecule has 0 N–H and O–H groups in total. The summed E-state index contributed by atoms with van der Waals surface area (Å²) in [4.78, 5) is 0. The van der Waals surface area contributed by atoms with E-state index in [9.17, 15) is 0 Å². The van der Waals surface area contributed by atoms with E-state index in [1.807, 2.05) is 6.08 Å². The number of hydrogen-bond donors (Lipinski definition) is 0. The van der Waals surface area contributed by atoms with Gasteiger partial charge in [-0.15, -0.1) is 0 Å². The van der Waals surface area contributed by atoms with E-state index >= 15 is 0 Å². The Morgan fingerprint density at radius 1 is 0.806 bits per heavy atom. The van der Waals surface area contributed by atoms with Crippen molar-refractivity contribution in [3.8, 4) is 6.07 Å². The monoisotopic (exact) mass is 417 g/mol. The van der Waals surface area contributed by atoms with Crippen LogP contribution in [0.3, 0.4) is 0 Å². The number of aryl methyl sites for hydroxylation is 2. The number of unbranched alkanes of at least 4 members (excludes halogenated alkanes) is 1. The molecule has 3 rings (SSSR count). The van der Waals surface area contributed by atoms with Crippen LogP contribution >= 0.6 is 0 Å². The summed E-state index contributed by atoms with van der Waals surface area (Å²) in [5, 5.41) is 8.56. The standard InChI is InChI=1S/C30H43N/c1-2-8-25-12-14-26(15-13-25)10-5-6-11-28-18-22-30(23-19-28)29-20-16-27(17-21-29)9-4-3-7-24-31/h3-4,7,9,12-15,27-30H,2,5-6,8,10-11,16-23H2,1H3/b7-3+,9-4+/t27?,28-,29?,30-. The van der Waals surface area contributed by atoms with E-state index in [4.69, 9.17) is 5.26 Å². The van der Waals surface area contributed by atoms with Gasteiger partial charge in [0.25, 0.3) is 0 Å². The zero-order valence-electron chi connectivity index (χ0n) is 19.8. The fourth-order valence-electron chi connectivity index (χ4n) is 6.00. The molecule has 31 heavy (non-hydrogen) atoms. The quantitative estimate of drug-likeness (QED) is 0.212. The Kier molecular flexibility index (Phi) is 10.4. The molecule has 0 saturated heterocycles. The molecule has 2 saturated carbocycles. The van der Waals surface area contributed by atoms with Gasteiger partial charge in [-0.05, 0) is 92.6 Å². The molecule has 0 aliphatic heterocycles. The van der Waals surface area contributed by atoms with Gasteiger partial charge in [0, 0.05) is 6.08 Å². The van der Waals surface area contributed by atoms with Gasteiger partial charge in [-0.25, -0.2) is 0 Å². The minimum absolute atomic E-state index is 0.735. The lowest BCUT2D eigenvalue weighted by molar-refractivity contribution is 0.151. The molecule has 0 spiro atoms. The van der Waals surface area contributed by atoms with Crippen LogP contribution in [0.2, 0.25) is 0 Å². The molecule has 168 valence electrons. The highest BCUT2D eigenvalue weighted by molar-refractivity contribution is 5.22. The molecule has 0 aromatic heterocycles. The fraction of sp³-hybridized carbons (Fsp3) is 0.633. The molecule has 1 heteroatoms. The van der Waals surface area contributed by atoms with Crippen molar-refractivity contribution in [2.45, 2.75) is 96.8 Å². The molecule has 2 aliphatic rings. The lowest BCUT2D eigenvalue weighted by Crippen LogP contribution is -2.25. The van der Waals surface area contributed by atoms with E-state index < -0.39 is 0 Å². The molecule has 0 heterocycles. The lowest BCUT2D eigenvalue weighted by Gasteiger charge is -2.37. The second-order valence-electron chi connectivity index (χ2n) is 10.1. The van der Waals surface area contributed by atoms with Gasteiger partial charge < -0.3 is 0 Å². The summed E-state index contributed by atoms with van der Waals surface area (Å²) in [5.41, 5.74) is 3.01. The molecule has 0 unspecified atom stereocenters. The average molecular weight is 418 g/mol. The predicted molar refractivity (Wildman–Crippen MR) is 133 cm³/mol. The zero-order valence-corrected chi connectivity index (χ0v) is 19.8. The Balaban J connectivity index is 1.27. The summed E-state index contributed by atoms with van der Waals surface area (Å²) >= 11 is 0. The highest BCUT2D eigenvalue weighted by atomic mass is 14.4. The van der Waals surface area contributed by atoms with Crippen LogP contribution in [0.1, 0.15) is 95.1 Å². The van der Waals surface area contributed by atoms with Gasteiger partial charge in [-0.2, -0.15) is 5.26 Å². The normalized spacial score (nSPS) is 27.0. The zero-order chi connectivity index (χ0) is 21.7. The largest absolute Gasteiger partial charge is 0.193 e. The van der Waals surface area contributed by atoms with Crippen LogP contribution in [-0.2, 0) is 12.8 Å². The molecule has 1 nitrogen and oxygen atoms in total. The second-order valence-corrected chi connectivity index (χ2v) is 10.1. The maximum atomic E-state index is 8.56. The number of hydrogen-bond acceptors (Lipinski definition) is 1. The molecule has 0 bridgehead atoms. The second kappa shape index (κ2) is 13.6. The molecule has 1 aromatic carbocycles. The third kappa shape index (κ3) is 8.33. The molecule has 0 radical (unpaired) electrons. The van der Waals surface area contributed by atoms with Gasteiger partial charge >= 0.3 is 0 Å². The first-order chi connectivity index (χ1) is 15.3. The summed E-state index contributed by atoms with van der Waals surface area (Å²) in [6.07, 6.45) is 27.2. The average Bonchev–Trinajstić information content (AvgIpc) is 2.82. The van der Waals surface area contributed by atoms with Crippen molar-refractivity contribution >= 4 is 0 Å². The van der Waals surface area contributed by atoms with Crippen LogP contribution in [0.15, 0.2) is 48.6 Å². The summed E-state index contributed by atoms with van der Waals surface area (Å²) in [6.45, 7) is 2.25. The molecule has 2 fully saturated rings. The minimum Gasteiger partial charge on any atom is -0.193 e. The SMILES string of the molecule is CCCc1ccc(CCCC[C@H]2CC[C@H](C3CCC(/C=C/C=C/C#N)CC3)CC2)cc1. The van der Waals surface area contributed by atoms with Gasteiger partial charge in [0.1, 0.15) is 0 Å². The van der Waals surface area contributed by atoms with E-state index in [1.54, 1.807) is 6.08 Å². The summed E-state index contributed by atoms with van der Waals surface area (Å²) in [6, 6.07) is 11.4. The predicted octanol–water partition coefficient (Wildman–Crippen LogP) is 8.60. The first-order valence-electron chi connectivity index (χ1n) is 13.1. The Bertz CT molecular complexity index is 704. The van der Waals surface area contributed by atoms with E-state index in [0.29, 0.717) is 0 Å². The first-order valence-corrected chi connectivity index (χ1v) is 13.1. The van der Waals surface area contributed by atoms with Crippen molar-refractivity contribution < 1.29 is 0 Å². The minimum atomic E-state index is 0.735. The van der Waals surface area contributed by atoms with Crippen LogP contribution in [0.4, 0.5) is 0 Å². The van der Waals surface area contributed by atoms with E-state index in [0.717, 1.165) is 23.7 Å².